The topological polar surface area (TPSA) is 74.9 Å². The number of epoxide rings is 2. The van der Waals surface area contributed by atoms with Crippen molar-refractivity contribution in [3.63, 3.8) is 0 Å². The average Bonchev–Trinajstić information content (AvgIpc) is 3.26. The van der Waals surface area contributed by atoms with Gasteiger partial charge in [-0.2, -0.15) is 0 Å². The van der Waals surface area contributed by atoms with Gasteiger partial charge in [0.1, 0.15) is 11.6 Å². The van der Waals surface area contributed by atoms with Gasteiger partial charge in [0.15, 0.2) is 0 Å². The highest BCUT2D eigenvalue weighted by molar-refractivity contribution is 6.06. The summed E-state index contributed by atoms with van der Waals surface area (Å²) in [6.07, 6.45) is 0.226. The molecule has 0 spiro atoms. The van der Waals surface area contributed by atoms with Crippen molar-refractivity contribution in [2.45, 2.75) is 31.6 Å². The van der Waals surface area contributed by atoms with Gasteiger partial charge in [-0.15, -0.1) is 0 Å². The Bertz CT molecular complexity index is 417. The van der Waals surface area contributed by atoms with Gasteiger partial charge in [-0.3, -0.25) is 9.69 Å². The van der Waals surface area contributed by atoms with Crippen molar-refractivity contribution in [2.24, 2.45) is 0 Å². The van der Waals surface area contributed by atoms with Crippen molar-refractivity contribution in [1.82, 2.24) is 9.80 Å². The highest BCUT2D eigenvalue weighted by atomic mass is 16.6. The van der Waals surface area contributed by atoms with Crippen LogP contribution in [0.1, 0.15) is 13.8 Å². The van der Waals surface area contributed by atoms with Gasteiger partial charge in [0.25, 0.3) is 5.91 Å². The summed E-state index contributed by atoms with van der Waals surface area (Å²) in [7, 11) is 0. The van der Waals surface area contributed by atoms with E-state index in [0.717, 1.165) is 6.61 Å². The average molecular weight is 284 g/mol. The summed E-state index contributed by atoms with van der Waals surface area (Å²) >= 11 is 0. The predicted molar refractivity (Wildman–Crippen MR) is 68.2 cm³/mol. The van der Waals surface area contributed by atoms with Crippen LogP contribution < -0.4 is 0 Å². The molecule has 0 aliphatic carbocycles. The Morgan fingerprint density at radius 2 is 1.90 bits per heavy atom. The molecule has 2 atom stereocenters. The van der Waals surface area contributed by atoms with Gasteiger partial charge < -0.3 is 19.1 Å². The summed E-state index contributed by atoms with van der Waals surface area (Å²) in [5, 5.41) is 0. The lowest BCUT2D eigenvalue weighted by Gasteiger charge is -2.27. The van der Waals surface area contributed by atoms with Crippen LogP contribution >= 0.6 is 0 Å². The molecule has 7 heteroatoms. The van der Waals surface area contributed by atoms with E-state index in [1.807, 2.05) is 0 Å². The first-order valence-electron chi connectivity index (χ1n) is 6.94. The fourth-order valence-electron chi connectivity index (χ4n) is 2.37. The molecule has 3 aliphatic heterocycles. The number of hydrogen-bond acceptors (Lipinski definition) is 5. The maximum atomic E-state index is 12.3. The molecule has 0 N–H and O–H groups in total. The number of carbonyl (C=O) groups excluding carboxylic acids is 2. The van der Waals surface area contributed by atoms with Crippen molar-refractivity contribution in [1.29, 1.82) is 0 Å². The Hall–Kier alpha value is -1.18. The molecule has 0 aromatic carbocycles. The normalized spacial score (nSPS) is 31.1. The summed E-state index contributed by atoms with van der Waals surface area (Å²) in [4.78, 5) is 27.5. The summed E-state index contributed by atoms with van der Waals surface area (Å²) < 4.78 is 15.6. The Labute approximate surface area is 117 Å². The third kappa shape index (κ3) is 2.65. The number of amides is 3. The fraction of sp³-hybridized carbons (Fsp3) is 0.846. The molecular weight excluding hydrogens is 264 g/mol. The number of nitrogens with zero attached hydrogens (tertiary/aromatic N) is 2. The first kappa shape index (κ1) is 13.8. The molecule has 3 rings (SSSR count). The van der Waals surface area contributed by atoms with Crippen molar-refractivity contribution in [3.8, 4) is 0 Å². The molecule has 0 bridgehead atoms. The maximum absolute atomic E-state index is 12.3. The highest BCUT2D eigenvalue weighted by Crippen LogP contribution is 2.28. The van der Waals surface area contributed by atoms with Crippen LogP contribution in [-0.4, -0.2) is 79.0 Å². The van der Waals surface area contributed by atoms with Gasteiger partial charge in [0.2, 0.25) is 0 Å². The highest BCUT2D eigenvalue weighted by Gasteiger charge is 2.52. The van der Waals surface area contributed by atoms with Crippen LogP contribution in [0.15, 0.2) is 0 Å². The quantitative estimate of drug-likeness (QED) is 0.369. The zero-order chi connectivity index (χ0) is 14.3. The molecule has 0 aromatic heterocycles. The van der Waals surface area contributed by atoms with Crippen LogP contribution in [0, 0.1) is 0 Å². The zero-order valence-corrected chi connectivity index (χ0v) is 11.8. The molecule has 0 aromatic rings. The molecule has 3 amide bonds. The summed E-state index contributed by atoms with van der Waals surface area (Å²) in [6.45, 7) is 6.65. The molecular formula is C13H20N2O5. The lowest BCUT2D eigenvalue weighted by molar-refractivity contribution is -0.132. The van der Waals surface area contributed by atoms with Gasteiger partial charge in [0.05, 0.1) is 39.1 Å². The fourth-order valence-corrected chi connectivity index (χ4v) is 2.37. The van der Waals surface area contributed by atoms with Gasteiger partial charge in [0, 0.05) is 6.54 Å². The molecule has 20 heavy (non-hydrogen) atoms. The smallest absolute Gasteiger partial charge is 0.327 e. The molecule has 2 unspecified atom stereocenters. The summed E-state index contributed by atoms with van der Waals surface area (Å²) in [5.41, 5.74) is -0.814. The largest absolute Gasteiger partial charge is 0.377 e. The lowest BCUT2D eigenvalue weighted by Crippen LogP contribution is -2.45. The van der Waals surface area contributed by atoms with E-state index in [9.17, 15) is 9.59 Å². The van der Waals surface area contributed by atoms with E-state index in [4.69, 9.17) is 14.2 Å². The van der Waals surface area contributed by atoms with E-state index in [-0.39, 0.29) is 24.1 Å². The lowest BCUT2D eigenvalue weighted by atomic mass is 10.0. The number of urea groups is 1. The minimum Gasteiger partial charge on any atom is -0.377 e. The molecule has 3 fully saturated rings. The van der Waals surface area contributed by atoms with E-state index in [0.29, 0.717) is 32.9 Å². The molecule has 0 radical (unpaired) electrons. The molecule has 112 valence electrons. The standard InChI is InChI=1S/C13H20N2O5/c1-13(2)11(16)14(5-9-7-19-9)12(17)15(13)3-4-18-6-10-8-20-10/h9-10H,3-8H2,1-2H3. The monoisotopic (exact) mass is 284 g/mol. The third-order valence-corrected chi connectivity index (χ3v) is 3.86. The second kappa shape index (κ2) is 4.98. The van der Waals surface area contributed by atoms with Crippen LogP contribution in [0.2, 0.25) is 0 Å². The molecule has 3 heterocycles. The van der Waals surface area contributed by atoms with Crippen LogP contribution in [0.3, 0.4) is 0 Å². The predicted octanol–water partition coefficient (Wildman–Crippen LogP) is -0.157. The zero-order valence-electron chi connectivity index (χ0n) is 11.8. The van der Waals surface area contributed by atoms with Crippen LogP contribution in [0.25, 0.3) is 0 Å². The summed E-state index contributed by atoms with van der Waals surface area (Å²) in [5.74, 6) is -0.163. The number of imide groups is 1. The van der Waals surface area contributed by atoms with Crippen molar-refractivity contribution in [2.75, 3.05) is 39.5 Å². The van der Waals surface area contributed by atoms with Crippen LogP contribution in [-0.2, 0) is 19.0 Å². The minimum absolute atomic E-state index is 0.0157. The second-order valence-electron chi connectivity index (χ2n) is 5.89. The Morgan fingerprint density at radius 3 is 2.50 bits per heavy atom. The van der Waals surface area contributed by atoms with Crippen LogP contribution in [0.4, 0.5) is 4.79 Å². The van der Waals surface area contributed by atoms with E-state index < -0.39 is 5.54 Å². The molecule has 0 saturated carbocycles. The van der Waals surface area contributed by atoms with Gasteiger partial charge >= 0.3 is 6.03 Å². The van der Waals surface area contributed by atoms with Gasteiger partial charge in [-0.1, -0.05) is 0 Å². The van der Waals surface area contributed by atoms with Crippen molar-refractivity contribution in [3.05, 3.63) is 0 Å². The Morgan fingerprint density at radius 1 is 1.25 bits per heavy atom. The second-order valence-corrected chi connectivity index (χ2v) is 5.89. The number of hydrogen-bond donors (Lipinski definition) is 0. The maximum Gasteiger partial charge on any atom is 0.327 e. The number of rotatable bonds is 7. The summed E-state index contributed by atoms with van der Waals surface area (Å²) in [6, 6.07) is -0.248. The van der Waals surface area contributed by atoms with Crippen molar-refractivity contribution >= 4 is 11.9 Å². The first-order valence-corrected chi connectivity index (χ1v) is 6.94. The Kier molecular flexibility index (Phi) is 3.43. The van der Waals surface area contributed by atoms with Gasteiger partial charge in [-0.05, 0) is 13.8 Å². The third-order valence-electron chi connectivity index (χ3n) is 3.86. The number of ether oxygens (including phenoxy) is 3. The first-order chi connectivity index (χ1) is 9.50. The van der Waals surface area contributed by atoms with E-state index >= 15 is 0 Å². The SMILES string of the molecule is CC1(C)C(=O)N(CC2CO2)C(=O)N1CCOCC1CO1. The molecule has 7 nitrogen and oxygen atoms in total. The molecule has 3 aliphatic rings. The molecule has 3 saturated heterocycles. The van der Waals surface area contributed by atoms with E-state index in [2.05, 4.69) is 0 Å². The minimum atomic E-state index is -0.814. The van der Waals surface area contributed by atoms with E-state index in [1.54, 1.807) is 18.7 Å². The number of carbonyl (C=O) groups is 2. The van der Waals surface area contributed by atoms with Crippen molar-refractivity contribution < 1.29 is 23.8 Å². The van der Waals surface area contributed by atoms with E-state index in [1.165, 1.54) is 4.90 Å². The van der Waals surface area contributed by atoms with Gasteiger partial charge in [-0.25, -0.2) is 4.79 Å². The van der Waals surface area contributed by atoms with Crippen LogP contribution in [0.5, 0.6) is 0 Å². The Balaban J connectivity index is 1.56.